The molecule has 3 aliphatic heterocycles. The molecule has 0 spiro atoms. The van der Waals surface area contributed by atoms with E-state index in [9.17, 15) is 80.7 Å². The molecular weight excluding hydrogens is 1150 g/mol. The summed E-state index contributed by atoms with van der Waals surface area (Å²) in [5.74, 6) is -2.35. The number of aromatic nitrogens is 10. The Hall–Kier alpha value is -4.83. The molecule has 5 aromatic rings. The Labute approximate surface area is 424 Å². The van der Waals surface area contributed by atoms with Crippen molar-refractivity contribution in [2.45, 2.75) is 73.9 Å². The molecule has 0 aliphatic carbocycles. The fourth-order valence-electron chi connectivity index (χ4n) is 8.26. The maximum Gasteiger partial charge on any atom is 0.522 e. The van der Waals surface area contributed by atoms with Gasteiger partial charge in [-0.2, -0.15) is 18.2 Å². The number of rotatable bonds is 21. The second-order valence-electron chi connectivity index (χ2n) is 16.6. The van der Waals surface area contributed by atoms with E-state index in [1.54, 1.807) is 0 Å². The Morgan fingerprint density at radius 2 is 1.40 bits per heavy atom. The first kappa shape index (κ1) is 58.3. The molecular formula is C33H43F3N12O25P4. The van der Waals surface area contributed by atoms with Gasteiger partial charge in [0.2, 0.25) is 18.5 Å². The first-order valence-corrected chi connectivity index (χ1v) is 27.4. The van der Waals surface area contributed by atoms with Crippen LogP contribution in [0.5, 0.6) is 0 Å². The van der Waals surface area contributed by atoms with E-state index >= 15 is 0 Å². The Morgan fingerprint density at radius 3 is 2.05 bits per heavy atom. The molecule has 0 saturated carbocycles. The molecule has 8 heterocycles. The van der Waals surface area contributed by atoms with Gasteiger partial charge >= 0.3 is 41.1 Å². The molecule has 0 radical (unpaired) electrons. The first-order chi connectivity index (χ1) is 35.9. The monoisotopic (exact) mass is 1190 g/mol. The number of aliphatic hydroxyl groups excluding tert-OH is 3. The van der Waals surface area contributed by atoms with E-state index in [0.717, 1.165) is 47.5 Å². The van der Waals surface area contributed by atoms with Crippen LogP contribution < -0.4 is 37.7 Å². The van der Waals surface area contributed by atoms with Crippen LogP contribution in [0, 0.1) is 5.92 Å². The molecule has 37 nitrogen and oxygen atoms in total. The summed E-state index contributed by atoms with van der Waals surface area (Å²) in [5.41, 5.74) is 8.43. The van der Waals surface area contributed by atoms with E-state index in [2.05, 4.69) is 42.8 Å². The van der Waals surface area contributed by atoms with Gasteiger partial charge in [-0.3, -0.25) is 47.0 Å². The third-order valence-corrected chi connectivity index (χ3v) is 16.8. The minimum atomic E-state index is -6.36. The molecule has 8 rings (SSSR count). The normalized spacial score (nSPS) is 30.1. The number of hydrogen-bond donors (Lipinski definition) is 10. The van der Waals surface area contributed by atoms with Gasteiger partial charge in [0.25, 0.3) is 24.5 Å². The fourth-order valence-corrected chi connectivity index (χ4v) is 12.7. The highest BCUT2D eigenvalue weighted by Crippen LogP contribution is 2.68. The van der Waals surface area contributed by atoms with Crippen LogP contribution in [-0.4, -0.2) is 162 Å². The maximum absolute atomic E-state index is 13.5. The van der Waals surface area contributed by atoms with Crippen molar-refractivity contribution >= 4 is 65.4 Å². The number of methoxy groups -OCH3 is 1. The molecule has 77 heavy (non-hydrogen) atoms. The first-order valence-electron chi connectivity index (χ1n) is 21.5. The molecule has 3 aliphatic rings. The number of anilines is 2. The summed E-state index contributed by atoms with van der Waals surface area (Å²) in [5, 5.41) is 32.3. The van der Waals surface area contributed by atoms with Crippen LogP contribution in [-0.2, 0) is 75.7 Å². The number of aliphatic hydroxyl groups is 3. The van der Waals surface area contributed by atoms with Crippen molar-refractivity contribution in [3.63, 3.8) is 0 Å². The summed E-state index contributed by atoms with van der Waals surface area (Å²) >= 11 is 0. The number of hydrogen-bond acceptors (Lipinski definition) is 28. The molecule has 0 amide bonds. The van der Waals surface area contributed by atoms with E-state index in [0.29, 0.717) is 4.57 Å². The third kappa shape index (κ3) is 12.9. The summed E-state index contributed by atoms with van der Waals surface area (Å²) in [7, 11) is -21.9. The van der Waals surface area contributed by atoms with Crippen molar-refractivity contribution in [1.82, 2.24) is 43.6 Å². The number of nitrogens with one attached hydrogen (secondary N) is 2. The molecule has 426 valence electrons. The van der Waals surface area contributed by atoms with Crippen LogP contribution in [0.2, 0.25) is 0 Å². The molecule has 12 N–H and O–H groups in total. The predicted molar refractivity (Wildman–Crippen MR) is 235 cm³/mol. The molecule has 0 aromatic carbocycles. The Balaban J connectivity index is 0.949. The number of nitrogen functional groups attached to an aromatic ring is 2. The van der Waals surface area contributed by atoms with E-state index in [4.69, 9.17) is 44.0 Å². The van der Waals surface area contributed by atoms with Gasteiger partial charge in [0.05, 0.1) is 45.9 Å². The van der Waals surface area contributed by atoms with E-state index in [-0.39, 0.29) is 28.1 Å². The average Bonchev–Trinajstić information content (AvgIpc) is 4.11. The zero-order chi connectivity index (χ0) is 56.3. The van der Waals surface area contributed by atoms with Crippen molar-refractivity contribution in [1.29, 1.82) is 0 Å². The second kappa shape index (κ2) is 22.0. The van der Waals surface area contributed by atoms with Gasteiger partial charge in [0.1, 0.15) is 54.6 Å². The Kier molecular flexibility index (Phi) is 16.7. The topological polar surface area (TPSA) is 519 Å². The summed E-state index contributed by atoms with van der Waals surface area (Å²) in [6.45, 7) is -5.22. The SMILES string of the molecule is CO[C@@H]1[C@H](OP(=O)([O-])OC[C@H]2O[C@@H](n3ccc(=O)[nH]c3=O)[C@H](O)[C@@H]2O)[C@@H](COP(=O)(O)OP(=O)(O)OP(=O)(O)OC[C@H]2O[C@@H](n3c[n+](C)c4c(=O)[nH]c(N)nc43)[C@H](O)[C@@H]2COC(F)(F)F)O[C@H]1n1cnc2c(N)ncnc21. The lowest BCUT2D eigenvalue weighted by Crippen LogP contribution is -2.39. The third-order valence-electron chi connectivity index (χ3n) is 11.6. The summed E-state index contributed by atoms with van der Waals surface area (Å²) < 4.78 is 151. The number of aromatic amines is 2. The highest BCUT2D eigenvalue weighted by Gasteiger charge is 2.54. The lowest BCUT2D eigenvalue weighted by molar-refractivity contribution is -0.646. The van der Waals surface area contributed by atoms with Crippen molar-refractivity contribution in [2.24, 2.45) is 13.0 Å². The lowest BCUT2D eigenvalue weighted by Gasteiger charge is -2.31. The van der Waals surface area contributed by atoms with Gasteiger partial charge in [0.15, 0.2) is 23.9 Å². The number of nitrogens with two attached hydrogens (primary N) is 2. The highest BCUT2D eigenvalue weighted by molar-refractivity contribution is 7.66. The summed E-state index contributed by atoms with van der Waals surface area (Å²) in [6.07, 6.45) is -21.1. The minimum Gasteiger partial charge on any atom is -0.756 e. The Morgan fingerprint density at radius 1 is 0.779 bits per heavy atom. The van der Waals surface area contributed by atoms with Gasteiger partial charge in [-0.05, 0) is 0 Å². The standard InChI is InChI=1S/C33H43F3N12O25P4/c1-45-11-48(26-18(45)27(53)44-31(38)43-26)28-19(50)12(5-64-33(34,35)36)13(68-28)6-66-75(57,58)72-77(61,62)73-76(59,60)67-8-15-22(23(63-2)30(70-15)47-10-41-17-24(37)39-9-40-25(17)47)71-74(55,56)65-7-14-20(51)21(52)29(69-14)46-4-3-16(49)42-32(46)54/h3-4,9-15,19-23,28-30,50-52H,5-8H2,1-2H3,(H9-,37,38,39,40,42,43,44,49,53,54,55,56,57,58,59,60,61,62)/t12-,13-,14-,15-,19-,20-,21-,22-,23-,28-,29-,30-/m1/s1. The van der Waals surface area contributed by atoms with Gasteiger partial charge in [-0.1, -0.05) is 0 Å². The number of H-pyrrole nitrogens is 2. The smallest absolute Gasteiger partial charge is 0.522 e. The second-order valence-corrected chi connectivity index (χ2v) is 22.6. The lowest BCUT2D eigenvalue weighted by atomic mass is 9.99. The highest BCUT2D eigenvalue weighted by atomic mass is 31.3. The molecule has 16 atom stereocenters. The number of phosphoric acid groups is 4. The average molecular weight is 1190 g/mol. The number of nitrogens with zero attached hydrogens (tertiary/aromatic N) is 8. The predicted octanol–water partition coefficient (Wildman–Crippen LogP) is -3.72. The van der Waals surface area contributed by atoms with Gasteiger partial charge in [-0.25, -0.2) is 38.0 Å². The zero-order valence-electron chi connectivity index (χ0n) is 38.7. The largest absolute Gasteiger partial charge is 0.756 e. The number of imidazole rings is 2. The van der Waals surface area contributed by atoms with Crippen LogP contribution in [0.15, 0.2) is 45.6 Å². The Bertz CT molecular complexity index is 3380. The van der Waals surface area contributed by atoms with E-state index in [1.165, 1.54) is 11.6 Å². The summed E-state index contributed by atoms with van der Waals surface area (Å²) in [6, 6.07) is 0.892. The number of aryl methyl sites for hydroxylation is 1. The van der Waals surface area contributed by atoms with Crippen molar-refractivity contribution in [3.05, 3.63) is 62.4 Å². The minimum absolute atomic E-state index is 0.00655. The van der Waals surface area contributed by atoms with E-state index in [1.807, 2.05) is 4.98 Å². The molecule has 44 heteroatoms. The van der Waals surface area contributed by atoms with Crippen LogP contribution in [0.3, 0.4) is 0 Å². The quantitative estimate of drug-likeness (QED) is 0.0249. The van der Waals surface area contributed by atoms with E-state index < -0.39 is 160 Å². The number of halogens is 3. The number of alkyl halides is 3. The van der Waals surface area contributed by atoms with Gasteiger partial charge in [-0.15, -0.1) is 13.2 Å². The van der Waals surface area contributed by atoms with Gasteiger partial charge < -0.3 is 74.4 Å². The molecule has 3 fully saturated rings. The molecule has 4 unspecified atom stereocenters. The van der Waals surface area contributed by atoms with Crippen molar-refractivity contribution < 1.29 is 121 Å². The number of phosphoric ester groups is 3. The maximum atomic E-state index is 13.5. The number of ether oxygens (including phenoxy) is 5. The fraction of sp³-hybridized carbons (Fsp3) is 0.576. The van der Waals surface area contributed by atoms with Crippen LogP contribution in [0.4, 0.5) is 24.9 Å². The molecule has 5 aromatic heterocycles. The van der Waals surface area contributed by atoms with Crippen LogP contribution >= 0.6 is 31.3 Å². The summed E-state index contributed by atoms with van der Waals surface area (Å²) in [4.78, 5) is 101. The van der Waals surface area contributed by atoms with Crippen LogP contribution in [0.1, 0.15) is 18.7 Å². The van der Waals surface area contributed by atoms with Crippen molar-refractivity contribution in [2.75, 3.05) is 45.0 Å². The zero-order valence-corrected chi connectivity index (χ0v) is 42.3. The van der Waals surface area contributed by atoms with Gasteiger partial charge in [0, 0.05) is 25.3 Å². The van der Waals surface area contributed by atoms with Crippen LogP contribution in [0.25, 0.3) is 22.3 Å². The number of fused-ring (bicyclic) bond motifs is 2. The molecule has 0 bridgehead atoms. The molecule has 3 saturated heterocycles. The van der Waals surface area contributed by atoms with Crippen molar-refractivity contribution in [3.8, 4) is 0 Å².